The molecule has 0 aliphatic heterocycles. The van der Waals surface area contributed by atoms with E-state index in [2.05, 4.69) is 5.32 Å². The molecule has 0 saturated carbocycles. The van der Waals surface area contributed by atoms with Crippen molar-refractivity contribution in [1.29, 1.82) is 0 Å². The Morgan fingerprint density at radius 1 is 1.39 bits per heavy atom. The van der Waals surface area contributed by atoms with E-state index >= 15 is 0 Å². The van der Waals surface area contributed by atoms with Crippen molar-refractivity contribution in [1.82, 2.24) is 0 Å². The highest BCUT2D eigenvalue weighted by Gasteiger charge is 2.12. The molecule has 1 rings (SSSR count). The molecule has 1 atom stereocenters. The van der Waals surface area contributed by atoms with Gasteiger partial charge in [-0.25, -0.2) is 0 Å². The summed E-state index contributed by atoms with van der Waals surface area (Å²) < 4.78 is 10.1. The molecule has 1 aromatic carbocycles. The molecule has 5 heteroatoms. The summed E-state index contributed by atoms with van der Waals surface area (Å²) in [6.07, 6.45) is 0. The van der Waals surface area contributed by atoms with E-state index in [4.69, 9.17) is 15.2 Å². The van der Waals surface area contributed by atoms with Crippen LogP contribution in [0.1, 0.15) is 12.5 Å². The van der Waals surface area contributed by atoms with Crippen LogP contribution in [0.4, 0.5) is 5.69 Å². The molecule has 0 saturated heterocycles. The number of hydrogen-bond donors (Lipinski definition) is 2. The average molecular weight is 252 g/mol. The number of benzene rings is 1. The average Bonchev–Trinajstić information content (AvgIpc) is 2.38. The highest BCUT2D eigenvalue weighted by atomic mass is 16.5. The second-order valence-corrected chi connectivity index (χ2v) is 3.89. The van der Waals surface area contributed by atoms with Gasteiger partial charge in [0.2, 0.25) is 5.91 Å². The van der Waals surface area contributed by atoms with Crippen LogP contribution in [0, 0.1) is 0 Å². The van der Waals surface area contributed by atoms with E-state index in [1.165, 1.54) is 7.11 Å². The van der Waals surface area contributed by atoms with Crippen LogP contribution in [0.2, 0.25) is 0 Å². The minimum absolute atomic E-state index is 0.203. The molecule has 0 aliphatic carbocycles. The maximum absolute atomic E-state index is 11.6. The van der Waals surface area contributed by atoms with Gasteiger partial charge in [0.25, 0.3) is 0 Å². The summed E-state index contributed by atoms with van der Waals surface area (Å²) in [6, 6.07) is 6.82. The molecule has 0 heterocycles. The Bertz CT molecular complexity index is 365. The van der Waals surface area contributed by atoms with Gasteiger partial charge in [-0.3, -0.25) is 4.79 Å². The van der Waals surface area contributed by atoms with Crippen LogP contribution in [-0.2, 0) is 20.9 Å². The van der Waals surface area contributed by atoms with Crippen LogP contribution in [0.15, 0.2) is 24.3 Å². The first-order valence-corrected chi connectivity index (χ1v) is 5.89. The van der Waals surface area contributed by atoms with Crippen molar-refractivity contribution in [3.8, 4) is 0 Å². The fourth-order valence-electron chi connectivity index (χ4n) is 1.39. The second kappa shape index (κ2) is 7.81. The molecule has 1 amide bonds. The molecule has 0 bridgehead atoms. The third kappa shape index (κ3) is 4.83. The number of anilines is 1. The molecule has 0 fully saturated rings. The summed E-state index contributed by atoms with van der Waals surface area (Å²) in [5, 5.41) is 2.73. The van der Waals surface area contributed by atoms with Gasteiger partial charge in [-0.05, 0) is 24.6 Å². The summed E-state index contributed by atoms with van der Waals surface area (Å²) in [7, 11) is 1.51. The Labute approximate surface area is 107 Å². The SMILES string of the molecule is CCOCc1ccc(NC(=O)C(N)COC)cc1. The van der Waals surface area contributed by atoms with Crippen LogP contribution in [-0.4, -0.2) is 32.3 Å². The fraction of sp³-hybridized carbons (Fsp3) is 0.462. The number of methoxy groups -OCH3 is 1. The molecule has 0 radical (unpaired) electrons. The summed E-state index contributed by atoms with van der Waals surface area (Å²) in [4.78, 5) is 11.6. The smallest absolute Gasteiger partial charge is 0.243 e. The fourth-order valence-corrected chi connectivity index (χ4v) is 1.39. The monoisotopic (exact) mass is 252 g/mol. The third-order valence-corrected chi connectivity index (χ3v) is 2.38. The summed E-state index contributed by atoms with van der Waals surface area (Å²) in [5.41, 5.74) is 7.39. The largest absolute Gasteiger partial charge is 0.383 e. The minimum atomic E-state index is -0.655. The number of carbonyl (C=O) groups excluding carboxylic acids is 1. The number of hydrogen-bond acceptors (Lipinski definition) is 4. The van der Waals surface area contributed by atoms with Crippen molar-refractivity contribution in [3.63, 3.8) is 0 Å². The molecule has 5 nitrogen and oxygen atoms in total. The van der Waals surface area contributed by atoms with Gasteiger partial charge in [0.1, 0.15) is 6.04 Å². The van der Waals surface area contributed by atoms with Crippen LogP contribution in [0.5, 0.6) is 0 Å². The maximum Gasteiger partial charge on any atom is 0.243 e. The number of rotatable bonds is 7. The number of nitrogens with one attached hydrogen (secondary N) is 1. The molecule has 0 aliphatic rings. The standard InChI is InChI=1S/C13H20N2O3/c1-3-18-8-10-4-6-11(7-5-10)15-13(16)12(14)9-17-2/h4-7,12H,3,8-9,14H2,1-2H3,(H,15,16). The van der Waals surface area contributed by atoms with Gasteiger partial charge in [0, 0.05) is 19.4 Å². The van der Waals surface area contributed by atoms with Crippen molar-refractivity contribution in [2.45, 2.75) is 19.6 Å². The first kappa shape index (κ1) is 14.6. The molecular weight excluding hydrogens is 232 g/mol. The lowest BCUT2D eigenvalue weighted by Gasteiger charge is -2.11. The van der Waals surface area contributed by atoms with Gasteiger partial charge in [-0.15, -0.1) is 0 Å². The first-order chi connectivity index (χ1) is 8.67. The number of nitrogens with two attached hydrogens (primary N) is 1. The molecule has 0 aromatic heterocycles. The van der Waals surface area contributed by atoms with Gasteiger partial charge >= 0.3 is 0 Å². The molecule has 1 unspecified atom stereocenters. The zero-order chi connectivity index (χ0) is 13.4. The van der Waals surface area contributed by atoms with Crippen molar-refractivity contribution >= 4 is 11.6 Å². The second-order valence-electron chi connectivity index (χ2n) is 3.89. The predicted octanol–water partition coefficient (Wildman–Crippen LogP) is 1.14. The van der Waals surface area contributed by atoms with Crippen LogP contribution in [0.3, 0.4) is 0 Å². The summed E-state index contributed by atoms with van der Waals surface area (Å²) in [6.45, 7) is 3.41. The van der Waals surface area contributed by atoms with E-state index in [0.29, 0.717) is 18.9 Å². The van der Waals surface area contributed by atoms with Crippen molar-refractivity contribution < 1.29 is 14.3 Å². The summed E-state index contributed by atoms with van der Waals surface area (Å²) in [5.74, 6) is -0.255. The number of ether oxygens (including phenoxy) is 2. The Kier molecular flexibility index (Phi) is 6.35. The van der Waals surface area contributed by atoms with E-state index in [9.17, 15) is 4.79 Å². The van der Waals surface area contributed by atoms with E-state index in [0.717, 1.165) is 5.56 Å². The van der Waals surface area contributed by atoms with Gasteiger partial charge in [-0.1, -0.05) is 12.1 Å². The van der Waals surface area contributed by atoms with Crippen molar-refractivity contribution in [2.75, 3.05) is 25.6 Å². The molecule has 18 heavy (non-hydrogen) atoms. The highest BCUT2D eigenvalue weighted by molar-refractivity contribution is 5.94. The molecule has 3 N–H and O–H groups in total. The normalized spacial score (nSPS) is 12.2. The molecule has 0 spiro atoms. The quantitative estimate of drug-likeness (QED) is 0.763. The van der Waals surface area contributed by atoms with E-state index in [1.807, 2.05) is 31.2 Å². The molecule has 100 valence electrons. The zero-order valence-electron chi connectivity index (χ0n) is 10.8. The van der Waals surface area contributed by atoms with E-state index < -0.39 is 6.04 Å². The van der Waals surface area contributed by atoms with Gasteiger partial charge in [0.05, 0.1) is 13.2 Å². The Hall–Kier alpha value is -1.43. The van der Waals surface area contributed by atoms with E-state index in [-0.39, 0.29) is 12.5 Å². The van der Waals surface area contributed by atoms with Gasteiger partial charge in [-0.2, -0.15) is 0 Å². The Morgan fingerprint density at radius 3 is 2.61 bits per heavy atom. The lowest BCUT2D eigenvalue weighted by atomic mass is 10.2. The van der Waals surface area contributed by atoms with Crippen LogP contribution >= 0.6 is 0 Å². The third-order valence-electron chi connectivity index (χ3n) is 2.38. The molecule has 1 aromatic rings. The lowest BCUT2D eigenvalue weighted by Crippen LogP contribution is -2.39. The van der Waals surface area contributed by atoms with Gasteiger partial charge in [0.15, 0.2) is 0 Å². The first-order valence-electron chi connectivity index (χ1n) is 5.89. The summed E-state index contributed by atoms with van der Waals surface area (Å²) >= 11 is 0. The van der Waals surface area contributed by atoms with Crippen LogP contribution in [0.25, 0.3) is 0 Å². The maximum atomic E-state index is 11.6. The predicted molar refractivity (Wildman–Crippen MR) is 70.3 cm³/mol. The van der Waals surface area contributed by atoms with E-state index in [1.54, 1.807) is 0 Å². The zero-order valence-corrected chi connectivity index (χ0v) is 10.8. The Morgan fingerprint density at radius 2 is 2.06 bits per heavy atom. The van der Waals surface area contributed by atoms with Crippen molar-refractivity contribution in [3.05, 3.63) is 29.8 Å². The minimum Gasteiger partial charge on any atom is -0.383 e. The highest BCUT2D eigenvalue weighted by Crippen LogP contribution is 2.10. The van der Waals surface area contributed by atoms with Gasteiger partial charge < -0.3 is 20.5 Å². The van der Waals surface area contributed by atoms with Crippen molar-refractivity contribution in [2.24, 2.45) is 5.73 Å². The lowest BCUT2D eigenvalue weighted by molar-refractivity contribution is -0.118. The Balaban J connectivity index is 2.50. The molecular formula is C13H20N2O3. The van der Waals surface area contributed by atoms with Crippen LogP contribution < -0.4 is 11.1 Å². The topological polar surface area (TPSA) is 73.6 Å². The number of amides is 1. The number of carbonyl (C=O) groups is 1.